The fraction of sp³-hybridized carbons (Fsp3) is 0.500. The van der Waals surface area contributed by atoms with Crippen molar-refractivity contribution in [2.75, 3.05) is 20.1 Å². The second kappa shape index (κ2) is 4.37. The van der Waals surface area contributed by atoms with Gasteiger partial charge in [0.15, 0.2) is 5.69 Å². The Morgan fingerprint density at radius 2 is 2.13 bits per heavy atom. The van der Waals surface area contributed by atoms with E-state index in [0.29, 0.717) is 9.63 Å². The molecule has 1 saturated heterocycles. The summed E-state index contributed by atoms with van der Waals surface area (Å²) < 4.78 is 1.50. The van der Waals surface area contributed by atoms with Crippen LogP contribution in [0.4, 0.5) is 5.69 Å². The monoisotopic (exact) mass is 290 g/mol. The van der Waals surface area contributed by atoms with E-state index in [1.165, 1.54) is 12.8 Å². The molecule has 2 heterocycles. The molecule has 1 N–H and O–H groups in total. The van der Waals surface area contributed by atoms with Gasteiger partial charge in [-0.1, -0.05) is 11.6 Å². The molecule has 0 amide bonds. The molecule has 0 aliphatic carbocycles. The Morgan fingerprint density at radius 1 is 1.47 bits per heavy atom. The first-order valence-electron chi connectivity index (χ1n) is 5.06. The minimum absolute atomic E-state index is 0.673. The van der Waals surface area contributed by atoms with Crippen LogP contribution in [0.5, 0.6) is 0 Å². The summed E-state index contributed by atoms with van der Waals surface area (Å²) in [6.07, 6.45) is 4.38. The van der Waals surface area contributed by atoms with Crippen molar-refractivity contribution in [3.63, 3.8) is 0 Å². The molecule has 1 fully saturated rings. The Bertz CT molecular complexity index is 364. The molecule has 1 aromatic heterocycles. The molecule has 1 aromatic rings. The van der Waals surface area contributed by atoms with Crippen molar-refractivity contribution in [2.24, 2.45) is 0 Å². The maximum atomic E-state index is 6.06. The summed E-state index contributed by atoms with van der Waals surface area (Å²) in [5, 5.41) is 0.673. The zero-order chi connectivity index (χ0) is 10.9. The molecular weight excluding hydrogens is 277 g/mol. The van der Waals surface area contributed by atoms with E-state index in [1.807, 2.05) is 19.3 Å². The van der Waals surface area contributed by atoms with Crippen LogP contribution in [0, 0.1) is 0 Å². The number of pyridine rings is 1. The first-order chi connectivity index (χ1) is 7.18. The smallest absolute Gasteiger partial charge is 0.172 e. The molecule has 15 heavy (non-hydrogen) atoms. The van der Waals surface area contributed by atoms with Gasteiger partial charge in [-0.3, -0.25) is 0 Å². The van der Waals surface area contributed by atoms with E-state index in [0.717, 1.165) is 23.4 Å². The third-order valence-electron chi connectivity index (χ3n) is 3.03. The Balaban J connectivity index is 2.38. The first-order valence-corrected chi connectivity index (χ1v) is 6.23. The van der Waals surface area contributed by atoms with Crippen LogP contribution in [0.15, 0.2) is 16.9 Å². The predicted molar refractivity (Wildman–Crippen MR) is 66.8 cm³/mol. The van der Waals surface area contributed by atoms with Crippen molar-refractivity contribution >= 4 is 33.2 Å². The van der Waals surface area contributed by atoms with E-state index in [1.54, 1.807) is 0 Å². The zero-order valence-corrected chi connectivity index (χ0v) is 11.0. The van der Waals surface area contributed by atoms with Gasteiger partial charge in [0.25, 0.3) is 0 Å². The molecule has 1 aliphatic heterocycles. The van der Waals surface area contributed by atoms with Crippen molar-refractivity contribution in [2.45, 2.75) is 12.8 Å². The maximum Gasteiger partial charge on any atom is 0.172 e. The molecule has 0 bridgehead atoms. The Hall–Kier alpha value is -0.160. The van der Waals surface area contributed by atoms with E-state index in [9.17, 15) is 0 Å². The number of rotatable bonds is 2. The Kier molecular flexibility index (Phi) is 3.30. The molecule has 82 valence electrons. The van der Waals surface area contributed by atoms with E-state index in [2.05, 4.69) is 26.3 Å². The van der Waals surface area contributed by atoms with Crippen LogP contribution < -0.4 is 10.0 Å². The maximum absolute atomic E-state index is 6.06. The number of hydrogen-bond donors (Lipinski definition) is 1. The third kappa shape index (κ3) is 2.04. The SMILES string of the molecule is CN[N+]1(c2cnc(Br)c(Cl)c2)CCCC1. The Morgan fingerprint density at radius 3 is 2.67 bits per heavy atom. The molecule has 0 atom stereocenters. The highest BCUT2D eigenvalue weighted by Crippen LogP contribution is 2.30. The summed E-state index contributed by atoms with van der Waals surface area (Å²) in [6.45, 7) is 2.21. The van der Waals surface area contributed by atoms with Crippen LogP contribution in [0.3, 0.4) is 0 Å². The van der Waals surface area contributed by atoms with E-state index in [4.69, 9.17) is 11.6 Å². The fourth-order valence-electron chi connectivity index (χ4n) is 2.13. The lowest BCUT2D eigenvalue weighted by Crippen LogP contribution is -2.55. The van der Waals surface area contributed by atoms with Gasteiger partial charge < -0.3 is 0 Å². The number of halogens is 2. The molecule has 0 radical (unpaired) electrons. The quantitative estimate of drug-likeness (QED) is 0.669. The number of hydrogen-bond acceptors (Lipinski definition) is 2. The van der Waals surface area contributed by atoms with Crippen LogP contribution >= 0.6 is 27.5 Å². The molecule has 0 unspecified atom stereocenters. The third-order valence-corrected chi connectivity index (χ3v) is 4.18. The first kappa shape index (κ1) is 11.3. The molecule has 5 heteroatoms. The highest BCUT2D eigenvalue weighted by molar-refractivity contribution is 9.10. The van der Waals surface area contributed by atoms with Gasteiger partial charge in [-0.05, 0) is 15.9 Å². The second-order valence-corrected chi connectivity index (χ2v) is 4.97. The highest BCUT2D eigenvalue weighted by atomic mass is 79.9. The zero-order valence-electron chi connectivity index (χ0n) is 8.63. The van der Waals surface area contributed by atoms with Crippen molar-refractivity contribution < 1.29 is 0 Å². The summed E-state index contributed by atoms with van der Waals surface area (Å²) in [5.74, 6) is 0. The van der Waals surface area contributed by atoms with E-state index < -0.39 is 0 Å². The number of quaternary nitrogens is 1. The van der Waals surface area contributed by atoms with E-state index >= 15 is 0 Å². The molecule has 2 rings (SSSR count). The van der Waals surface area contributed by atoms with Crippen molar-refractivity contribution in [1.82, 2.24) is 15.0 Å². The van der Waals surface area contributed by atoms with Gasteiger partial charge in [0.1, 0.15) is 17.7 Å². The lowest BCUT2D eigenvalue weighted by atomic mass is 10.3. The number of aromatic nitrogens is 1. The van der Waals surface area contributed by atoms with Gasteiger partial charge in [0, 0.05) is 26.0 Å². The topological polar surface area (TPSA) is 24.9 Å². The van der Waals surface area contributed by atoms with E-state index in [-0.39, 0.29) is 0 Å². The minimum atomic E-state index is 0.673. The predicted octanol–water partition coefficient (Wildman–Crippen LogP) is 2.73. The molecule has 0 spiro atoms. The van der Waals surface area contributed by atoms with Gasteiger partial charge >= 0.3 is 0 Å². The second-order valence-electron chi connectivity index (χ2n) is 3.81. The standard InChI is InChI=1S/C10H14BrClN3/c1-13-15(4-2-3-5-15)8-6-9(12)10(11)14-7-8/h6-7,13H,2-5H2,1H3/q+1. The summed E-state index contributed by atoms with van der Waals surface area (Å²) in [5.41, 5.74) is 4.51. The van der Waals surface area contributed by atoms with Crippen LogP contribution in [0.2, 0.25) is 5.02 Å². The largest absolute Gasteiger partial charge is 0.241 e. The lowest BCUT2D eigenvalue weighted by Gasteiger charge is -2.31. The summed E-state index contributed by atoms with van der Waals surface area (Å²) in [6, 6.07) is 1.99. The highest BCUT2D eigenvalue weighted by Gasteiger charge is 2.34. The van der Waals surface area contributed by atoms with Gasteiger partial charge in [0.05, 0.1) is 11.2 Å². The van der Waals surface area contributed by atoms with Gasteiger partial charge in [-0.25, -0.2) is 9.58 Å². The van der Waals surface area contributed by atoms with Crippen LogP contribution in [0.1, 0.15) is 12.8 Å². The van der Waals surface area contributed by atoms with Crippen LogP contribution in [-0.2, 0) is 0 Å². The minimum Gasteiger partial charge on any atom is -0.241 e. The average Bonchev–Trinajstić information content (AvgIpc) is 2.72. The molecule has 0 aromatic carbocycles. The Labute approximate surface area is 103 Å². The summed E-state index contributed by atoms with van der Waals surface area (Å²) in [4.78, 5) is 4.25. The average molecular weight is 292 g/mol. The number of nitrogens with zero attached hydrogens (tertiary/aromatic N) is 2. The molecule has 1 aliphatic rings. The van der Waals surface area contributed by atoms with Gasteiger partial charge in [-0.2, -0.15) is 5.43 Å². The summed E-state index contributed by atoms with van der Waals surface area (Å²) in [7, 11) is 1.99. The molecule has 0 saturated carbocycles. The van der Waals surface area contributed by atoms with Crippen LogP contribution in [-0.4, -0.2) is 25.1 Å². The molecule has 3 nitrogen and oxygen atoms in total. The van der Waals surface area contributed by atoms with Gasteiger partial charge in [0.2, 0.25) is 0 Å². The van der Waals surface area contributed by atoms with Crippen molar-refractivity contribution in [3.8, 4) is 0 Å². The van der Waals surface area contributed by atoms with Crippen LogP contribution in [0.25, 0.3) is 0 Å². The molecular formula is C10H14BrClN3+. The lowest BCUT2D eigenvalue weighted by molar-refractivity contribution is 0.259. The normalized spacial score (nSPS) is 19.4. The fourth-order valence-corrected chi connectivity index (χ4v) is 2.51. The summed E-state index contributed by atoms with van der Waals surface area (Å²) >= 11 is 9.37. The number of nitrogens with one attached hydrogen (secondary N) is 1. The van der Waals surface area contributed by atoms with Crippen molar-refractivity contribution in [3.05, 3.63) is 21.9 Å². The van der Waals surface area contributed by atoms with Gasteiger partial charge in [-0.15, -0.1) is 0 Å². The van der Waals surface area contributed by atoms with Crippen molar-refractivity contribution in [1.29, 1.82) is 0 Å².